The lowest BCUT2D eigenvalue weighted by molar-refractivity contribution is 1.41. The quantitative estimate of drug-likeness (QED) is 0.341. The molecule has 0 N–H and O–H groups in total. The van der Waals surface area contributed by atoms with Crippen molar-refractivity contribution in [3.63, 3.8) is 0 Å². The van der Waals surface area contributed by atoms with Gasteiger partial charge in [-0.25, -0.2) is 0 Å². The zero-order valence-corrected chi connectivity index (χ0v) is 16.2. The third kappa shape index (κ3) is 3.98. The van der Waals surface area contributed by atoms with Crippen molar-refractivity contribution in [1.29, 1.82) is 0 Å². The van der Waals surface area contributed by atoms with Crippen molar-refractivity contribution in [3.05, 3.63) is 108 Å². The van der Waals surface area contributed by atoms with E-state index in [1.807, 2.05) is 73.1 Å². The van der Waals surface area contributed by atoms with Gasteiger partial charge in [0.15, 0.2) is 0 Å². The van der Waals surface area contributed by atoms with Crippen molar-refractivity contribution < 1.29 is 0 Å². The zero-order valence-electron chi connectivity index (χ0n) is 16.2. The third-order valence-electron chi connectivity index (χ3n) is 4.83. The van der Waals surface area contributed by atoms with E-state index in [4.69, 9.17) is 0 Å². The summed E-state index contributed by atoms with van der Waals surface area (Å²) in [7, 11) is 0. The summed E-state index contributed by atoms with van der Waals surface area (Å²) in [6.45, 7) is 0. The lowest BCUT2D eigenvalue weighted by Crippen LogP contribution is -1.83. The number of hydrogen-bond acceptors (Lipinski definition) is 4. The van der Waals surface area contributed by atoms with Gasteiger partial charge in [-0.2, -0.15) is 0 Å². The van der Waals surface area contributed by atoms with E-state index >= 15 is 0 Å². The molecule has 0 unspecified atom stereocenters. The normalized spacial score (nSPS) is 11.7. The highest BCUT2D eigenvalue weighted by molar-refractivity contribution is 5.90. The Morgan fingerprint density at radius 1 is 0.533 bits per heavy atom. The van der Waals surface area contributed by atoms with Crippen LogP contribution < -0.4 is 0 Å². The van der Waals surface area contributed by atoms with Crippen LogP contribution in [0.2, 0.25) is 0 Å². The minimum atomic E-state index is 0.886. The molecule has 0 aliphatic carbocycles. The molecule has 2 aromatic heterocycles. The van der Waals surface area contributed by atoms with E-state index in [2.05, 4.69) is 44.2 Å². The van der Waals surface area contributed by atoms with Crippen LogP contribution in [-0.2, 0) is 0 Å². The molecule has 3 aromatic carbocycles. The summed E-state index contributed by atoms with van der Waals surface area (Å²) in [6, 6.07) is 28.1. The molecule has 4 nitrogen and oxygen atoms in total. The van der Waals surface area contributed by atoms with Crippen molar-refractivity contribution in [2.24, 2.45) is 9.98 Å². The molecular weight excluding hydrogens is 368 g/mol. The van der Waals surface area contributed by atoms with Crippen molar-refractivity contribution in [2.45, 2.75) is 0 Å². The van der Waals surface area contributed by atoms with Crippen LogP contribution in [-0.4, -0.2) is 22.4 Å². The van der Waals surface area contributed by atoms with Gasteiger partial charge in [0.05, 0.1) is 22.4 Å². The minimum absolute atomic E-state index is 0.886. The second kappa shape index (κ2) is 8.05. The van der Waals surface area contributed by atoms with E-state index in [1.165, 1.54) is 0 Å². The van der Waals surface area contributed by atoms with Gasteiger partial charge in [0.2, 0.25) is 0 Å². The molecule has 142 valence electrons. The van der Waals surface area contributed by atoms with Gasteiger partial charge < -0.3 is 0 Å². The van der Waals surface area contributed by atoms with E-state index in [1.54, 1.807) is 12.4 Å². The molecule has 0 fully saturated rings. The largest absolute Gasteiger partial charge is 0.256 e. The average molecular weight is 386 g/mol. The Morgan fingerprint density at radius 3 is 1.47 bits per heavy atom. The first-order chi connectivity index (χ1) is 14.8. The van der Waals surface area contributed by atoms with Crippen molar-refractivity contribution in [1.82, 2.24) is 9.97 Å². The Hall–Kier alpha value is -4.18. The predicted molar refractivity (Wildman–Crippen MR) is 124 cm³/mol. The number of fused-ring (bicyclic) bond motifs is 2. The summed E-state index contributed by atoms with van der Waals surface area (Å²) in [5, 5.41) is 2.21. The summed E-state index contributed by atoms with van der Waals surface area (Å²) in [6.07, 6.45) is 7.34. The Kier molecular flexibility index (Phi) is 4.80. The van der Waals surface area contributed by atoms with E-state index < -0.39 is 0 Å². The van der Waals surface area contributed by atoms with Crippen LogP contribution >= 0.6 is 0 Å². The summed E-state index contributed by atoms with van der Waals surface area (Å²) in [5.41, 5.74) is 5.83. The first-order valence-electron chi connectivity index (χ1n) is 9.71. The van der Waals surface area contributed by atoms with Gasteiger partial charge in [0, 0.05) is 35.6 Å². The number of nitrogens with zero attached hydrogens (tertiary/aromatic N) is 4. The highest BCUT2D eigenvalue weighted by Crippen LogP contribution is 2.20. The Balaban J connectivity index is 1.30. The fraction of sp³-hybridized carbons (Fsp3) is 0. The third-order valence-corrected chi connectivity index (χ3v) is 4.83. The number of pyridine rings is 2. The van der Waals surface area contributed by atoms with Gasteiger partial charge in [-0.1, -0.05) is 24.3 Å². The standard InChI is InChI=1S/C26H18N4/c1-3-21-15-19(5-11-25(21)27-13-1)17-29-23-7-9-24(10-8-23)30-18-20-6-12-26-22(16-20)4-2-14-28-26/h1-18H. The molecule has 0 aliphatic rings. The predicted octanol–water partition coefficient (Wildman–Crippen LogP) is 6.28. The topological polar surface area (TPSA) is 50.5 Å². The zero-order chi connectivity index (χ0) is 20.2. The van der Waals surface area contributed by atoms with Crippen LogP contribution in [0.25, 0.3) is 21.8 Å². The first kappa shape index (κ1) is 17.9. The van der Waals surface area contributed by atoms with Crippen molar-refractivity contribution in [2.75, 3.05) is 0 Å². The van der Waals surface area contributed by atoms with E-state index in [0.29, 0.717) is 0 Å². The average Bonchev–Trinajstić information content (AvgIpc) is 2.82. The van der Waals surface area contributed by atoms with Crippen LogP contribution in [0.3, 0.4) is 0 Å². The highest BCUT2D eigenvalue weighted by Gasteiger charge is 1.97. The summed E-state index contributed by atoms with van der Waals surface area (Å²) >= 11 is 0. The SMILES string of the molecule is C(=Nc1ccc(N=Cc2ccc3ncccc3c2)cc1)c1ccc2ncccc2c1. The Bertz CT molecular complexity index is 1280. The Morgan fingerprint density at radius 2 is 1.00 bits per heavy atom. The molecule has 0 spiro atoms. The van der Waals surface area contributed by atoms with E-state index in [9.17, 15) is 0 Å². The summed E-state index contributed by atoms with van der Waals surface area (Å²) in [5.74, 6) is 0. The molecule has 0 atom stereocenters. The van der Waals surface area contributed by atoms with Crippen LogP contribution in [0.4, 0.5) is 11.4 Å². The van der Waals surface area contributed by atoms with Gasteiger partial charge in [0.1, 0.15) is 0 Å². The molecule has 0 saturated heterocycles. The van der Waals surface area contributed by atoms with Crippen LogP contribution in [0, 0.1) is 0 Å². The molecule has 2 heterocycles. The van der Waals surface area contributed by atoms with Crippen molar-refractivity contribution >= 4 is 45.6 Å². The summed E-state index contributed by atoms with van der Waals surface area (Å²) in [4.78, 5) is 17.8. The number of rotatable bonds is 4. The monoisotopic (exact) mass is 386 g/mol. The minimum Gasteiger partial charge on any atom is -0.256 e. The number of aliphatic imine (C=N–C) groups is 2. The maximum absolute atomic E-state index is 4.57. The second-order valence-electron chi connectivity index (χ2n) is 6.94. The maximum atomic E-state index is 4.57. The second-order valence-corrected chi connectivity index (χ2v) is 6.94. The lowest BCUT2D eigenvalue weighted by atomic mass is 10.1. The highest BCUT2D eigenvalue weighted by atomic mass is 14.7. The molecule has 0 bridgehead atoms. The molecule has 0 amide bonds. The first-order valence-corrected chi connectivity index (χ1v) is 9.71. The summed E-state index contributed by atoms with van der Waals surface area (Å²) < 4.78 is 0. The molecule has 0 saturated carbocycles. The van der Waals surface area contributed by atoms with E-state index in [0.717, 1.165) is 44.3 Å². The number of aromatic nitrogens is 2. The molecular formula is C26H18N4. The van der Waals surface area contributed by atoms with Gasteiger partial charge in [0.25, 0.3) is 0 Å². The molecule has 5 aromatic rings. The maximum Gasteiger partial charge on any atom is 0.0702 e. The fourth-order valence-electron chi connectivity index (χ4n) is 3.27. The van der Waals surface area contributed by atoms with Crippen molar-refractivity contribution in [3.8, 4) is 0 Å². The lowest BCUT2D eigenvalue weighted by Gasteiger charge is -2.00. The van der Waals surface area contributed by atoms with Gasteiger partial charge in [-0.05, 0) is 71.8 Å². The van der Waals surface area contributed by atoms with Gasteiger partial charge in [-0.3, -0.25) is 20.0 Å². The van der Waals surface area contributed by atoms with Crippen LogP contribution in [0.15, 0.2) is 107 Å². The van der Waals surface area contributed by atoms with Gasteiger partial charge in [-0.15, -0.1) is 0 Å². The molecule has 0 aliphatic heterocycles. The molecule has 0 radical (unpaired) electrons. The Labute approximate surface area is 174 Å². The number of benzene rings is 3. The van der Waals surface area contributed by atoms with Crippen LogP contribution in [0.1, 0.15) is 11.1 Å². The van der Waals surface area contributed by atoms with Crippen LogP contribution in [0.5, 0.6) is 0 Å². The smallest absolute Gasteiger partial charge is 0.0702 e. The number of hydrogen-bond donors (Lipinski definition) is 0. The fourth-order valence-corrected chi connectivity index (χ4v) is 3.27. The van der Waals surface area contributed by atoms with E-state index in [-0.39, 0.29) is 0 Å². The molecule has 5 rings (SSSR count). The van der Waals surface area contributed by atoms with Gasteiger partial charge >= 0.3 is 0 Å². The molecule has 4 heteroatoms. The molecule has 30 heavy (non-hydrogen) atoms.